The summed E-state index contributed by atoms with van der Waals surface area (Å²) in [5.41, 5.74) is 7.29. The van der Waals surface area contributed by atoms with Crippen molar-refractivity contribution in [1.29, 1.82) is 0 Å². The van der Waals surface area contributed by atoms with Crippen LogP contribution in [-0.4, -0.2) is 17.5 Å². The molecule has 3 N–H and O–H groups in total. The number of hydrogen-bond donors (Lipinski definition) is 2. The van der Waals surface area contributed by atoms with Gasteiger partial charge >= 0.3 is 0 Å². The number of anilines is 1. The molecule has 1 aromatic rings. The zero-order valence-corrected chi connectivity index (χ0v) is 11.0. The number of nitrogens with two attached hydrogens (primary N) is 1. The Labute approximate surface area is 108 Å². The summed E-state index contributed by atoms with van der Waals surface area (Å²) in [4.78, 5) is 10.6. The third kappa shape index (κ3) is 3.70. The first-order valence-corrected chi connectivity index (χ1v) is 6.30. The molecule has 5 heteroatoms. The van der Waals surface area contributed by atoms with Gasteiger partial charge < -0.3 is 11.1 Å². The van der Waals surface area contributed by atoms with E-state index >= 15 is 0 Å². The van der Waals surface area contributed by atoms with Crippen LogP contribution < -0.4 is 11.1 Å². The highest BCUT2D eigenvalue weighted by atomic mass is 16.6. The third-order valence-electron chi connectivity index (χ3n) is 2.99. The minimum atomic E-state index is -0.358. The van der Waals surface area contributed by atoms with Crippen LogP contribution in [0.25, 0.3) is 0 Å². The molecular weight excluding hydrogens is 230 g/mol. The minimum absolute atomic E-state index is 0.0877. The van der Waals surface area contributed by atoms with E-state index in [4.69, 9.17) is 5.73 Å². The summed E-state index contributed by atoms with van der Waals surface area (Å²) in [6, 6.07) is 5.16. The van der Waals surface area contributed by atoms with E-state index in [0.717, 1.165) is 24.8 Å². The molecule has 0 amide bonds. The van der Waals surface area contributed by atoms with Gasteiger partial charge in [0.2, 0.25) is 0 Å². The standard InChI is InChI=1S/C13H21N3O2/c1-3-4-7-11(9-14)15-13-10(2)6-5-8-12(13)16(17)18/h5-6,8,11,15H,3-4,7,9,14H2,1-2H3. The van der Waals surface area contributed by atoms with Crippen LogP contribution in [0.3, 0.4) is 0 Å². The summed E-state index contributed by atoms with van der Waals surface area (Å²) in [6.45, 7) is 4.46. The molecule has 0 heterocycles. The fourth-order valence-electron chi connectivity index (χ4n) is 1.90. The average Bonchev–Trinajstić information content (AvgIpc) is 2.35. The molecule has 1 rings (SSSR count). The van der Waals surface area contributed by atoms with Crippen LogP contribution in [0.15, 0.2) is 18.2 Å². The fourth-order valence-corrected chi connectivity index (χ4v) is 1.90. The van der Waals surface area contributed by atoms with E-state index in [-0.39, 0.29) is 16.7 Å². The van der Waals surface area contributed by atoms with Gasteiger partial charge in [0.15, 0.2) is 0 Å². The lowest BCUT2D eigenvalue weighted by Gasteiger charge is -2.19. The first kappa shape index (κ1) is 14.4. The third-order valence-corrected chi connectivity index (χ3v) is 2.99. The maximum absolute atomic E-state index is 11.0. The fraction of sp³-hybridized carbons (Fsp3) is 0.538. The Bertz CT molecular complexity index is 407. The number of nitro benzene ring substituents is 1. The van der Waals surface area contributed by atoms with Crippen molar-refractivity contribution in [3.8, 4) is 0 Å². The topological polar surface area (TPSA) is 81.2 Å². The van der Waals surface area contributed by atoms with Crippen molar-refractivity contribution < 1.29 is 4.92 Å². The summed E-state index contributed by atoms with van der Waals surface area (Å²) in [5, 5.41) is 14.2. The molecule has 0 bridgehead atoms. The van der Waals surface area contributed by atoms with Crippen molar-refractivity contribution in [1.82, 2.24) is 0 Å². The van der Waals surface area contributed by atoms with Crippen LogP contribution in [-0.2, 0) is 0 Å². The van der Waals surface area contributed by atoms with E-state index < -0.39 is 0 Å². The number of benzene rings is 1. The number of hydrogen-bond acceptors (Lipinski definition) is 4. The lowest BCUT2D eigenvalue weighted by atomic mass is 10.1. The highest BCUT2D eigenvalue weighted by molar-refractivity contribution is 5.66. The van der Waals surface area contributed by atoms with Crippen molar-refractivity contribution in [2.24, 2.45) is 5.73 Å². The van der Waals surface area contributed by atoms with E-state index in [0.29, 0.717) is 12.2 Å². The molecular formula is C13H21N3O2. The van der Waals surface area contributed by atoms with Crippen LogP contribution in [0, 0.1) is 17.0 Å². The van der Waals surface area contributed by atoms with Gasteiger partial charge in [-0.3, -0.25) is 10.1 Å². The van der Waals surface area contributed by atoms with Gasteiger partial charge in [-0.1, -0.05) is 31.9 Å². The highest BCUT2D eigenvalue weighted by Crippen LogP contribution is 2.28. The minimum Gasteiger partial charge on any atom is -0.375 e. The van der Waals surface area contributed by atoms with Gasteiger partial charge in [0.05, 0.1) is 4.92 Å². The Kier molecular flexibility index (Phi) is 5.58. The van der Waals surface area contributed by atoms with E-state index in [2.05, 4.69) is 12.2 Å². The Balaban J connectivity index is 2.90. The summed E-state index contributed by atoms with van der Waals surface area (Å²) >= 11 is 0. The number of nitrogens with one attached hydrogen (secondary N) is 1. The second-order valence-electron chi connectivity index (χ2n) is 4.45. The molecule has 0 saturated heterocycles. The summed E-state index contributed by atoms with van der Waals surface area (Å²) in [6.07, 6.45) is 3.08. The Hall–Kier alpha value is -1.62. The molecule has 100 valence electrons. The van der Waals surface area contributed by atoms with Crippen LogP contribution in [0.4, 0.5) is 11.4 Å². The van der Waals surface area contributed by atoms with E-state index in [1.54, 1.807) is 6.07 Å². The molecule has 1 aromatic carbocycles. The molecule has 18 heavy (non-hydrogen) atoms. The van der Waals surface area contributed by atoms with Crippen molar-refractivity contribution in [3.05, 3.63) is 33.9 Å². The molecule has 0 radical (unpaired) electrons. The van der Waals surface area contributed by atoms with Crippen LogP contribution >= 0.6 is 0 Å². The Morgan fingerprint density at radius 2 is 2.22 bits per heavy atom. The molecule has 0 aliphatic heterocycles. The van der Waals surface area contributed by atoms with Crippen molar-refractivity contribution >= 4 is 11.4 Å². The second kappa shape index (κ2) is 6.96. The second-order valence-corrected chi connectivity index (χ2v) is 4.45. The van der Waals surface area contributed by atoms with Gasteiger partial charge in [-0.15, -0.1) is 0 Å². The average molecular weight is 251 g/mol. The zero-order valence-electron chi connectivity index (χ0n) is 11.0. The lowest BCUT2D eigenvalue weighted by molar-refractivity contribution is -0.384. The smallest absolute Gasteiger partial charge is 0.292 e. The number of nitrogens with zero attached hydrogens (tertiary/aromatic N) is 1. The van der Waals surface area contributed by atoms with Gasteiger partial charge in [-0.25, -0.2) is 0 Å². The number of nitro groups is 1. The molecule has 5 nitrogen and oxygen atoms in total. The Morgan fingerprint density at radius 3 is 2.78 bits per heavy atom. The predicted octanol–water partition coefficient (Wildman–Crippen LogP) is 2.83. The highest BCUT2D eigenvalue weighted by Gasteiger charge is 2.17. The van der Waals surface area contributed by atoms with E-state index in [1.807, 2.05) is 13.0 Å². The quantitative estimate of drug-likeness (QED) is 0.576. The molecule has 0 fully saturated rings. The van der Waals surface area contributed by atoms with E-state index in [9.17, 15) is 10.1 Å². The number of rotatable bonds is 7. The van der Waals surface area contributed by atoms with Gasteiger partial charge in [-0.2, -0.15) is 0 Å². The molecule has 0 aromatic heterocycles. The van der Waals surface area contributed by atoms with Crippen molar-refractivity contribution in [2.75, 3.05) is 11.9 Å². The van der Waals surface area contributed by atoms with Crippen molar-refractivity contribution in [2.45, 2.75) is 39.2 Å². The Morgan fingerprint density at radius 1 is 1.50 bits per heavy atom. The van der Waals surface area contributed by atoms with Crippen LogP contribution in [0.2, 0.25) is 0 Å². The number of aryl methyl sites for hydroxylation is 1. The first-order chi connectivity index (χ1) is 8.60. The molecule has 1 atom stereocenters. The number of para-hydroxylation sites is 1. The molecule has 1 unspecified atom stereocenters. The summed E-state index contributed by atoms with van der Waals surface area (Å²) in [5.74, 6) is 0. The molecule has 0 aliphatic carbocycles. The largest absolute Gasteiger partial charge is 0.375 e. The zero-order chi connectivity index (χ0) is 13.5. The van der Waals surface area contributed by atoms with Gasteiger partial charge in [0.1, 0.15) is 5.69 Å². The summed E-state index contributed by atoms with van der Waals surface area (Å²) in [7, 11) is 0. The van der Waals surface area contributed by atoms with Gasteiger partial charge in [0, 0.05) is 18.7 Å². The molecule has 0 spiro atoms. The maximum atomic E-state index is 11.0. The first-order valence-electron chi connectivity index (χ1n) is 6.30. The van der Waals surface area contributed by atoms with Crippen LogP contribution in [0.1, 0.15) is 31.7 Å². The normalized spacial score (nSPS) is 12.2. The predicted molar refractivity (Wildman–Crippen MR) is 73.8 cm³/mol. The molecule has 0 aliphatic rings. The summed E-state index contributed by atoms with van der Waals surface area (Å²) < 4.78 is 0. The lowest BCUT2D eigenvalue weighted by Crippen LogP contribution is -2.29. The van der Waals surface area contributed by atoms with Gasteiger partial charge in [0.25, 0.3) is 5.69 Å². The van der Waals surface area contributed by atoms with E-state index in [1.165, 1.54) is 6.07 Å². The number of unbranched alkanes of at least 4 members (excludes halogenated alkanes) is 1. The monoisotopic (exact) mass is 251 g/mol. The SMILES string of the molecule is CCCCC(CN)Nc1c(C)cccc1[N+](=O)[O-]. The maximum Gasteiger partial charge on any atom is 0.292 e. The van der Waals surface area contributed by atoms with Crippen molar-refractivity contribution in [3.63, 3.8) is 0 Å². The molecule has 0 saturated carbocycles. The van der Waals surface area contributed by atoms with Gasteiger partial charge in [-0.05, 0) is 18.9 Å². The van der Waals surface area contributed by atoms with Crippen LogP contribution in [0.5, 0.6) is 0 Å².